The Morgan fingerprint density at radius 1 is 0.914 bits per heavy atom. The van der Waals surface area contributed by atoms with Crippen LogP contribution in [0.4, 0.5) is 0 Å². The number of carbonyl (C=O) groups excluding carboxylic acids is 3. The molecule has 0 fully saturated rings. The van der Waals surface area contributed by atoms with Crippen LogP contribution in [0.2, 0.25) is 0 Å². The fourth-order valence-corrected chi connectivity index (χ4v) is 3.11. The van der Waals surface area contributed by atoms with Crippen molar-refractivity contribution in [3.05, 3.63) is 35.9 Å². The molecule has 1 atom stereocenters. The fourth-order valence-electron chi connectivity index (χ4n) is 3.11. The van der Waals surface area contributed by atoms with E-state index < -0.39 is 18.0 Å². The minimum atomic E-state index is -0.833. The van der Waals surface area contributed by atoms with Gasteiger partial charge in [-0.1, -0.05) is 96.0 Å². The lowest BCUT2D eigenvalue weighted by Crippen LogP contribution is -2.46. The average molecular weight is 495 g/mol. The average Bonchev–Trinajstić information content (AvgIpc) is 2.86. The smallest absolute Gasteiger partial charge is 0.328 e. The quantitative estimate of drug-likeness (QED) is 0.241. The van der Waals surface area contributed by atoms with Gasteiger partial charge < -0.3 is 20.5 Å². The van der Waals surface area contributed by atoms with Gasteiger partial charge in [-0.15, -0.1) is 0 Å². The molecule has 0 aromatic heterocycles. The number of methoxy groups -OCH3 is 1. The first-order valence-corrected chi connectivity index (χ1v) is 12.7. The number of hydrogen-bond acceptors (Lipinski definition) is 5. The summed E-state index contributed by atoms with van der Waals surface area (Å²) in [5.74, 6) is -1.85. The number of aliphatic carboxylic acids is 1. The van der Waals surface area contributed by atoms with Crippen molar-refractivity contribution in [1.82, 2.24) is 10.6 Å². The molecule has 1 unspecified atom stereocenters. The van der Waals surface area contributed by atoms with Crippen molar-refractivity contribution >= 4 is 23.8 Å². The Morgan fingerprint density at radius 3 is 2.00 bits per heavy atom. The van der Waals surface area contributed by atoms with Gasteiger partial charge in [-0.3, -0.25) is 14.4 Å². The van der Waals surface area contributed by atoms with Crippen molar-refractivity contribution in [3.63, 3.8) is 0 Å². The van der Waals surface area contributed by atoms with Gasteiger partial charge in [0.2, 0.25) is 11.8 Å². The van der Waals surface area contributed by atoms with Crippen LogP contribution in [0.1, 0.15) is 91.0 Å². The number of esters is 1. The minimum absolute atomic E-state index is 0.141. The van der Waals surface area contributed by atoms with Crippen molar-refractivity contribution < 1.29 is 29.0 Å². The summed E-state index contributed by atoms with van der Waals surface area (Å²) in [6.07, 6.45) is 9.45. The number of nitrogens with one attached hydrogen (secondary N) is 2. The Hall–Kier alpha value is -2.90. The maximum Gasteiger partial charge on any atom is 0.328 e. The number of benzene rings is 1. The van der Waals surface area contributed by atoms with Crippen molar-refractivity contribution in [2.45, 2.75) is 97.9 Å². The Bertz CT molecular complexity index is 690. The third-order valence-electron chi connectivity index (χ3n) is 4.85. The van der Waals surface area contributed by atoms with Gasteiger partial charge in [0.15, 0.2) is 0 Å². The van der Waals surface area contributed by atoms with E-state index in [1.54, 1.807) is 0 Å². The number of carbonyl (C=O) groups is 4. The standard InChI is InChI=1S/C23H36N2O4.C2H4O2.C2H6/c1-3-4-5-6-7-8-12-15-20(23(28)29-2)25-22(27)18-24-21(26)17-16-19-13-10-9-11-14-19;1-2(3)4;1-2/h9-11,13-14,20H,3-8,12,15-18H2,1-2H3,(H,24,26)(H,25,27);1H3,(H,3,4);1-2H3. The number of unbranched alkanes of at least 4 members (excludes halogenated alkanes) is 6. The first kappa shape index (κ1) is 34.3. The van der Waals surface area contributed by atoms with E-state index >= 15 is 0 Å². The van der Waals surface area contributed by atoms with Gasteiger partial charge in [-0.2, -0.15) is 0 Å². The zero-order valence-corrected chi connectivity index (χ0v) is 22.2. The maximum atomic E-state index is 12.1. The number of aryl methyl sites for hydroxylation is 1. The molecule has 0 saturated carbocycles. The summed E-state index contributed by atoms with van der Waals surface area (Å²) < 4.78 is 4.80. The Labute approximate surface area is 211 Å². The Morgan fingerprint density at radius 2 is 1.46 bits per heavy atom. The van der Waals surface area contributed by atoms with Crippen molar-refractivity contribution in [3.8, 4) is 0 Å². The molecule has 3 N–H and O–H groups in total. The SMILES string of the molecule is CC.CC(=O)O.CCCCCCCCCC(NC(=O)CNC(=O)CCc1ccccc1)C(=O)OC. The van der Waals surface area contributed by atoms with Crippen LogP contribution in [0.5, 0.6) is 0 Å². The van der Waals surface area contributed by atoms with Gasteiger partial charge >= 0.3 is 5.97 Å². The first-order chi connectivity index (χ1) is 16.8. The van der Waals surface area contributed by atoms with E-state index in [9.17, 15) is 14.4 Å². The third kappa shape index (κ3) is 22.6. The number of ether oxygens (including phenoxy) is 1. The van der Waals surface area contributed by atoms with Gasteiger partial charge in [0, 0.05) is 13.3 Å². The lowest BCUT2D eigenvalue weighted by atomic mass is 10.0. The minimum Gasteiger partial charge on any atom is -0.481 e. The summed E-state index contributed by atoms with van der Waals surface area (Å²) in [6.45, 7) is 7.13. The molecular weight excluding hydrogens is 448 g/mol. The van der Waals surface area contributed by atoms with Crippen LogP contribution in [0.3, 0.4) is 0 Å². The van der Waals surface area contributed by atoms with Crippen LogP contribution < -0.4 is 10.6 Å². The fraction of sp³-hybridized carbons (Fsp3) is 0.630. The predicted molar refractivity (Wildman–Crippen MR) is 139 cm³/mol. The summed E-state index contributed by atoms with van der Waals surface area (Å²) >= 11 is 0. The van der Waals surface area contributed by atoms with E-state index in [1.807, 2.05) is 44.2 Å². The van der Waals surface area contributed by atoms with Gasteiger partial charge in [0.05, 0.1) is 13.7 Å². The Balaban J connectivity index is 0. The molecule has 2 amide bonds. The van der Waals surface area contributed by atoms with E-state index in [0.717, 1.165) is 31.7 Å². The van der Waals surface area contributed by atoms with Crippen LogP contribution in [0, 0.1) is 0 Å². The monoisotopic (exact) mass is 494 g/mol. The van der Waals surface area contributed by atoms with Gasteiger partial charge in [0.1, 0.15) is 6.04 Å². The van der Waals surface area contributed by atoms with Crippen LogP contribution in [0.15, 0.2) is 30.3 Å². The van der Waals surface area contributed by atoms with E-state index in [2.05, 4.69) is 17.6 Å². The molecule has 8 nitrogen and oxygen atoms in total. The zero-order valence-electron chi connectivity index (χ0n) is 22.2. The van der Waals surface area contributed by atoms with Crippen LogP contribution in [-0.4, -0.2) is 48.6 Å². The zero-order chi connectivity index (χ0) is 26.9. The molecule has 0 aliphatic carbocycles. The second-order valence-corrected chi connectivity index (χ2v) is 7.83. The molecule has 0 aliphatic heterocycles. The summed E-state index contributed by atoms with van der Waals surface area (Å²) in [6, 6.07) is 9.05. The largest absolute Gasteiger partial charge is 0.481 e. The molecule has 1 aromatic carbocycles. The van der Waals surface area contributed by atoms with E-state index in [0.29, 0.717) is 19.3 Å². The van der Waals surface area contributed by atoms with Gasteiger partial charge in [-0.25, -0.2) is 4.79 Å². The summed E-state index contributed by atoms with van der Waals surface area (Å²) in [7, 11) is 1.32. The van der Waals surface area contributed by atoms with Gasteiger partial charge in [-0.05, 0) is 18.4 Å². The number of carboxylic acid groups (broad SMARTS) is 1. The normalized spacial score (nSPS) is 10.4. The Kier molecular flexibility index (Phi) is 23.7. The molecular formula is C27H46N2O6. The molecule has 0 bridgehead atoms. The number of carboxylic acids is 1. The molecule has 0 radical (unpaired) electrons. The number of hydrogen-bond donors (Lipinski definition) is 3. The molecule has 0 aliphatic rings. The van der Waals surface area contributed by atoms with Gasteiger partial charge in [0.25, 0.3) is 5.97 Å². The molecule has 8 heteroatoms. The van der Waals surface area contributed by atoms with E-state index in [1.165, 1.54) is 32.8 Å². The molecule has 0 saturated heterocycles. The van der Waals surface area contributed by atoms with Crippen molar-refractivity contribution in [1.29, 1.82) is 0 Å². The van der Waals surface area contributed by atoms with E-state index in [-0.39, 0.29) is 18.4 Å². The highest BCUT2D eigenvalue weighted by Gasteiger charge is 2.21. The summed E-state index contributed by atoms with van der Waals surface area (Å²) in [5.41, 5.74) is 1.08. The summed E-state index contributed by atoms with van der Waals surface area (Å²) in [4.78, 5) is 45.0. The lowest BCUT2D eigenvalue weighted by Gasteiger charge is -2.16. The molecule has 1 aromatic rings. The molecule has 35 heavy (non-hydrogen) atoms. The highest BCUT2D eigenvalue weighted by atomic mass is 16.5. The highest BCUT2D eigenvalue weighted by Crippen LogP contribution is 2.10. The third-order valence-corrected chi connectivity index (χ3v) is 4.85. The molecule has 0 heterocycles. The molecule has 0 spiro atoms. The predicted octanol–water partition coefficient (Wildman–Crippen LogP) is 4.65. The molecule has 200 valence electrons. The number of rotatable bonds is 15. The van der Waals surface area contributed by atoms with Crippen LogP contribution in [0.25, 0.3) is 0 Å². The lowest BCUT2D eigenvalue weighted by molar-refractivity contribution is -0.145. The topological polar surface area (TPSA) is 122 Å². The summed E-state index contributed by atoms with van der Waals surface area (Å²) in [5, 5.41) is 12.7. The molecule has 1 rings (SSSR count). The van der Waals surface area contributed by atoms with Crippen LogP contribution in [-0.2, 0) is 30.3 Å². The van der Waals surface area contributed by atoms with Crippen molar-refractivity contribution in [2.75, 3.05) is 13.7 Å². The maximum absolute atomic E-state index is 12.1. The number of amides is 2. The van der Waals surface area contributed by atoms with Crippen molar-refractivity contribution in [2.24, 2.45) is 0 Å². The van der Waals surface area contributed by atoms with Crippen LogP contribution >= 0.6 is 0 Å². The second kappa shape index (κ2) is 24.2. The van der Waals surface area contributed by atoms with E-state index in [4.69, 9.17) is 14.6 Å². The second-order valence-electron chi connectivity index (χ2n) is 7.83. The first-order valence-electron chi connectivity index (χ1n) is 12.7. The highest BCUT2D eigenvalue weighted by molar-refractivity contribution is 5.88.